The Labute approximate surface area is 234 Å². The summed E-state index contributed by atoms with van der Waals surface area (Å²) in [7, 11) is 1.64. The average Bonchev–Trinajstić information content (AvgIpc) is 3.04. The Morgan fingerprint density at radius 2 is 1.48 bits per heavy atom. The Bertz CT molecular complexity index is 1400. The molecule has 1 aliphatic heterocycles. The van der Waals surface area contributed by atoms with E-state index in [0.717, 1.165) is 28.4 Å². The molecule has 1 aromatic heterocycles. The van der Waals surface area contributed by atoms with Crippen LogP contribution in [0.15, 0.2) is 97.1 Å². The van der Waals surface area contributed by atoms with Crippen LogP contribution in [0.5, 0.6) is 5.75 Å². The van der Waals surface area contributed by atoms with Crippen molar-refractivity contribution >= 4 is 17.6 Å². The third-order valence-electron chi connectivity index (χ3n) is 7.33. The van der Waals surface area contributed by atoms with Crippen LogP contribution < -0.4 is 9.64 Å². The van der Waals surface area contributed by atoms with Crippen LogP contribution >= 0.6 is 0 Å². The highest BCUT2D eigenvalue weighted by Gasteiger charge is 2.29. The second kappa shape index (κ2) is 12.4. The van der Waals surface area contributed by atoms with Crippen molar-refractivity contribution < 1.29 is 14.3 Å². The summed E-state index contributed by atoms with van der Waals surface area (Å²) in [6, 6.07) is 30.3. The highest BCUT2D eigenvalue weighted by molar-refractivity contribution is 5.96. The first-order valence-electron chi connectivity index (χ1n) is 13.5. The summed E-state index contributed by atoms with van der Waals surface area (Å²) in [6.07, 6.45) is 0. The Balaban J connectivity index is 1.23. The summed E-state index contributed by atoms with van der Waals surface area (Å²) < 4.78 is 5.22. The smallest absolute Gasteiger partial charge is 0.254 e. The fourth-order valence-electron chi connectivity index (χ4n) is 4.88. The first kappa shape index (κ1) is 26.9. The molecule has 0 aliphatic carbocycles. The summed E-state index contributed by atoms with van der Waals surface area (Å²) in [6.45, 7) is 4.36. The van der Waals surface area contributed by atoms with Crippen LogP contribution in [0.2, 0.25) is 0 Å². The minimum absolute atomic E-state index is 0.0140. The van der Waals surface area contributed by atoms with Crippen LogP contribution in [-0.2, 0) is 4.79 Å². The SMILES string of the molecule is COc1ccc(-c2ccc(N3CCN(C(=O)CN(C(=O)c4ccccc4)C(C)c4ccccc4)CC3)nn2)cc1. The van der Waals surface area contributed by atoms with Crippen LogP contribution in [0.1, 0.15) is 28.9 Å². The van der Waals surface area contributed by atoms with Crippen molar-refractivity contribution in [1.82, 2.24) is 20.0 Å². The monoisotopic (exact) mass is 535 g/mol. The van der Waals surface area contributed by atoms with E-state index in [1.807, 2.05) is 96.8 Å². The molecule has 5 rings (SSSR count). The van der Waals surface area contributed by atoms with E-state index >= 15 is 0 Å². The van der Waals surface area contributed by atoms with Gasteiger partial charge in [-0.1, -0.05) is 48.5 Å². The summed E-state index contributed by atoms with van der Waals surface area (Å²) in [5, 5.41) is 8.85. The normalized spacial score (nSPS) is 13.9. The van der Waals surface area contributed by atoms with Gasteiger partial charge >= 0.3 is 0 Å². The van der Waals surface area contributed by atoms with Gasteiger partial charge in [0.05, 0.1) is 18.8 Å². The maximum atomic E-state index is 13.5. The van der Waals surface area contributed by atoms with Crippen molar-refractivity contribution in [2.45, 2.75) is 13.0 Å². The number of anilines is 1. The molecule has 2 heterocycles. The molecule has 8 nitrogen and oxygen atoms in total. The minimum atomic E-state index is -0.251. The molecule has 0 spiro atoms. The Morgan fingerprint density at radius 1 is 0.825 bits per heavy atom. The zero-order valence-corrected chi connectivity index (χ0v) is 22.8. The lowest BCUT2D eigenvalue weighted by Gasteiger charge is -2.37. The van der Waals surface area contributed by atoms with E-state index in [1.165, 1.54) is 0 Å². The van der Waals surface area contributed by atoms with Gasteiger partial charge in [0, 0.05) is 37.3 Å². The number of methoxy groups -OCH3 is 1. The summed E-state index contributed by atoms with van der Waals surface area (Å²) in [5.41, 5.74) is 3.31. The lowest BCUT2D eigenvalue weighted by molar-refractivity contribution is -0.132. The number of ether oxygens (including phenoxy) is 1. The van der Waals surface area contributed by atoms with E-state index in [1.54, 1.807) is 24.1 Å². The van der Waals surface area contributed by atoms with E-state index in [-0.39, 0.29) is 24.4 Å². The largest absolute Gasteiger partial charge is 0.497 e. The summed E-state index contributed by atoms with van der Waals surface area (Å²) in [5.74, 6) is 1.36. The van der Waals surface area contributed by atoms with Crippen LogP contribution in [0.3, 0.4) is 0 Å². The molecular formula is C32H33N5O3. The van der Waals surface area contributed by atoms with E-state index in [9.17, 15) is 9.59 Å². The number of amides is 2. The molecule has 0 bridgehead atoms. The number of piperazine rings is 1. The summed E-state index contributed by atoms with van der Waals surface area (Å²) >= 11 is 0. The van der Waals surface area contributed by atoms with Crippen molar-refractivity contribution in [3.05, 3.63) is 108 Å². The van der Waals surface area contributed by atoms with Gasteiger partial charge in [-0.15, -0.1) is 10.2 Å². The van der Waals surface area contributed by atoms with Crippen molar-refractivity contribution in [2.75, 3.05) is 44.7 Å². The van der Waals surface area contributed by atoms with Gasteiger partial charge in [0.15, 0.2) is 5.82 Å². The van der Waals surface area contributed by atoms with Crippen molar-refractivity contribution in [3.8, 4) is 17.0 Å². The number of hydrogen-bond acceptors (Lipinski definition) is 6. The molecular weight excluding hydrogens is 502 g/mol. The van der Waals surface area contributed by atoms with Gasteiger partial charge < -0.3 is 19.4 Å². The van der Waals surface area contributed by atoms with Gasteiger partial charge in [-0.05, 0) is 61.0 Å². The zero-order chi connectivity index (χ0) is 27.9. The molecule has 1 unspecified atom stereocenters. The lowest BCUT2D eigenvalue weighted by Crippen LogP contribution is -2.52. The lowest BCUT2D eigenvalue weighted by atomic mass is 10.1. The summed E-state index contributed by atoms with van der Waals surface area (Å²) in [4.78, 5) is 32.6. The topological polar surface area (TPSA) is 78.9 Å². The molecule has 204 valence electrons. The van der Waals surface area contributed by atoms with E-state index < -0.39 is 0 Å². The van der Waals surface area contributed by atoms with Crippen LogP contribution in [0.25, 0.3) is 11.3 Å². The predicted molar refractivity (Wildman–Crippen MR) is 155 cm³/mol. The number of carbonyl (C=O) groups excluding carboxylic acids is 2. The van der Waals surface area contributed by atoms with Gasteiger partial charge in [0.1, 0.15) is 12.3 Å². The molecule has 8 heteroatoms. The molecule has 0 radical (unpaired) electrons. The molecule has 0 saturated carbocycles. The first-order chi connectivity index (χ1) is 19.5. The molecule has 3 aromatic carbocycles. The fourth-order valence-corrected chi connectivity index (χ4v) is 4.88. The molecule has 2 amide bonds. The van der Waals surface area contributed by atoms with Crippen molar-refractivity contribution in [2.24, 2.45) is 0 Å². The standard InChI is InChI=1S/C32H33N5O3/c1-24(25-9-5-3-6-10-25)37(32(39)27-11-7-4-8-12-27)23-31(38)36-21-19-35(20-22-36)30-18-17-29(33-34-30)26-13-15-28(40-2)16-14-26/h3-18,24H,19-23H2,1-2H3. The molecule has 1 atom stereocenters. The second-order valence-corrected chi connectivity index (χ2v) is 9.76. The predicted octanol–water partition coefficient (Wildman–Crippen LogP) is 4.70. The molecule has 4 aromatic rings. The van der Waals surface area contributed by atoms with Gasteiger partial charge in [-0.3, -0.25) is 9.59 Å². The maximum absolute atomic E-state index is 13.5. The Morgan fingerprint density at radius 3 is 2.08 bits per heavy atom. The fraction of sp³-hybridized carbons (Fsp3) is 0.250. The van der Waals surface area contributed by atoms with Gasteiger partial charge in [-0.25, -0.2) is 0 Å². The number of benzene rings is 3. The van der Waals surface area contributed by atoms with Crippen LogP contribution in [-0.4, -0.2) is 71.6 Å². The first-order valence-corrected chi connectivity index (χ1v) is 13.5. The molecule has 1 fully saturated rings. The number of aromatic nitrogens is 2. The number of hydrogen-bond donors (Lipinski definition) is 0. The average molecular weight is 536 g/mol. The Kier molecular flexibility index (Phi) is 8.35. The van der Waals surface area contributed by atoms with Crippen molar-refractivity contribution in [1.29, 1.82) is 0 Å². The highest BCUT2D eigenvalue weighted by Crippen LogP contribution is 2.24. The van der Waals surface area contributed by atoms with Crippen molar-refractivity contribution in [3.63, 3.8) is 0 Å². The molecule has 0 N–H and O–H groups in total. The van der Waals surface area contributed by atoms with Crippen LogP contribution in [0.4, 0.5) is 5.82 Å². The molecule has 1 aliphatic rings. The van der Waals surface area contributed by atoms with Gasteiger partial charge in [0.25, 0.3) is 5.91 Å². The minimum Gasteiger partial charge on any atom is -0.497 e. The Hall–Kier alpha value is -4.72. The number of nitrogens with zero attached hydrogens (tertiary/aromatic N) is 5. The number of rotatable bonds is 8. The maximum Gasteiger partial charge on any atom is 0.254 e. The molecule has 1 saturated heterocycles. The quantitative estimate of drug-likeness (QED) is 0.325. The zero-order valence-electron chi connectivity index (χ0n) is 22.8. The van der Waals surface area contributed by atoms with Gasteiger partial charge in [0.2, 0.25) is 5.91 Å². The van der Waals surface area contributed by atoms with Gasteiger partial charge in [-0.2, -0.15) is 0 Å². The molecule has 40 heavy (non-hydrogen) atoms. The van der Waals surface area contributed by atoms with E-state index in [4.69, 9.17) is 4.74 Å². The van der Waals surface area contributed by atoms with E-state index in [2.05, 4.69) is 15.1 Å². The van der Waals surface area contributed by atoms with Crippen LogP contribution in [0, 0.1) is 0 Å². The second-order valence-electron chi connectivity index (χ2n) is 9.76. The third kappa shape index (κ3) is 6.12. The van der Waals surface area contributed by atoms with E-state index in [0.29, 0.717) is 31.7 Å². The number of carbonyl (C=O) groups is 2. The highest BCUT2D eigenvalue weighted by atomic mass is 16.5. The third-order valence-corrected chi connectivity index (χ3v) is 7.33.